The van der Waals surface area contributed by atoms with Crippen LogP contribution < -0.4 is 14.8 Å². The summed E-state index contributed by atoms with van der Waals surface area (Å²) in [4.78, 5) is 15.4. The number of nitrogens with one attached hydrogen (secondary N) is 1. The molecule has 2 saturated heterocycles. The first kappa shape index (κ1) is 24.5. The van der Waals surface area contributed by atoms with Crippen molar-refractivity contribution in [1.82, 2.24) is 9.21 Å². The van der Waals surface area contributed by atoms with Gasteiger partial charge < -0.3 is 19.5 Å². The van der Waals surface area contributed by atoms with Crippen molar-refractivity contribution in [3.63, 3.8) is 0 Å². The fourth-order valence-electron chi connectivity index (χ4n) is 4.34. The molecule has 0 aliphatic carbocycles. The number of rotatable bonds is 8. The molecule has 1 unspecified atom stereocenters. The minimum absolute atomic E-state index is 0.0670. The van der Waals surface area contributed by atoms with E-state index in [1.807, 2.05) is 24.3 Å². The third-order valence-electron chi connectivity index (χ3n) is 6.20. The maximum Gasteiger partial charge on any atom is 0.243 e. The third kappa shape index (κ3) is 5.35. The van der Waals surface area contributed by atoms with Gasteiger partial charge in [-0.1, -0.05) is 12.1 Å². The molecular formula is C24H31N3O6S. The van der Waals surface area contributed by atoms with Crippen molar-refractivity contribution in [3.05, 3.63) is 48.0 Å². The molecule has 1 amide bonds. The molecule has 0 spiro atoms. The molecule has 2 aromatic carbocycles. The largest absolute Gasteiger partial charge is 0.493 e. The molecule has 0 radical (unpaired) electrons. The molecule has 2 aliphatic rings. The van der Waals surface area contributed by atoms with Gasteiger partial charge in [0.05, 0.1) is 32.3 Å². The van der Waals surface area contributed by atoms with E-state index in [2.05, 4.69) is 10.2 Å². The van der Waals surface area contributed by atoms with E-state index in [1.54, 1.807) is 6.07 Å². The number of morpholine rings is 1. The summed E-state index contributed by atoms with van der Waals surface area (Å²) in [6.45, 7) is 4.43. The normalized spacial score (nSPS) is 19.6. The number of methoxy groups -OCH3 is 2. The van der Waals surface area contributed by atoms with Crippen LogP contribution in [0.1, 0.15) is 18.4 Å². The smallest absolute Gasteiger partial charge is 0.243 e. The highest BCUT2D eigenvalue weighted by Gasteiger charge is 2.39. The van der Waals surface area contributed by atoms with Crippen molar-refractivity contribution in [2.24, 2.45) is 0 Å². The van der Waals surface area contributed by atoms with Gasteiger partial charge >= 0.3 is 0 Å². The minimum atomic E-state index is -3.88. The zero-order valence-corrected chi connectivity index (χ0v) is 20.3. The quantitative estimate of drug-likeness (QED) is 0.608. The van der Waals surface area contributed by atoms with E-state index in [0.717, 1.165) is 38.4 Å². The zero-order chi connectivity index (χ0) is 24.1. The molecule has 2 fully saturated rings. The van der Waals surface area contributed by atoms with Crippen molar-refractivity contribution >= 4 is 21.6 Å². The Labute approximate surface area is 200 Å². The van der Waals surface area contributed by atoms with E-state index in [0.29, 0.717) is 30.0 Å². The lowest BCUT2D eigenvalue weighted by Crippen LogP contribution is -2.43. The molecular weight excluding hydrogens is 458 g/mol. The van der Waals surface area contributed by atoms with Crippen LogP contribution in [0.2, 0.25) is 0 Å². The number of carbonyl (C=O) groups is 1. The SMILES string of the molecule is COc1ccc(S(=O)(=O)N2CCCC2C(=O)Nc2ccc(CN3CCOCC3)cc2)cc1OC. The highest BCUT2D eigenvalue weighted by molar-refractivity contribution is 7.89. The number of nitrogens with zero attached hydrogens (tertiary/aromatic N) is 2. The second kappa shape index (κ2) is 10.7. The van der Waals surface area contributed by atoms with Gasteiger partial charge in [-0.25, -0.2) is 8.42 Å². The maximum absolute atomic E-state index is 13.3. The molecule has 4 rings (SSSR count). The first-order valence-electron chi connectivity index (χ1n) is 11.4. The average molecular weight is 490 g/mol. The van der Waals surface area contributed by atoms with Crippen molar-refractivity contribution in [2.45, 2.75) is 30.3 Å². The standard InChI is InChI=1S/C24H31N3O6S/c1-31-22-10-9-20(16-23(22)32-2)34(29,30)27-11-3-4-21(27)24(28)25-19-7-5-18(6-8-19)17-26-12-14-33-15-13-26/h5-10,16,21H,3-4,11-15,17H2,1-2H3,(H,25,28). The van der Waals surface area contributed by atoms with Gasteiger partial charge in [0.25, 0.3) is 0 Å². The van der Waals surface area contributed by atoms with E-state index < -0.39 is 16.1 Å². The molecule has 2 aromatic rings. The summed E-state index contributed by atoms with van der Waals surface area (Å²) >= 11 is 0. The topological polar surface area (TPSA) is 97.4 Å². The number of amides is 1. The van der Waals surface area contributed by atoms with Gasteiger partial charge in [-0.3, -0.25) is 9.69 Å². The van der Waals surface area contributed by atoms with Gasteiger partial charge in [0.2, 0.25) is 15.9 Å². The fraction of sp³-hybridized carbons (Fsp3) is 0.458. The molecule has 2 aliphatic heterocycles. The van der Waals surface area contributed by atoms with E-state index in [1.165, 1.54) is 30.7 Å². The molecule has 0 aromatic heterocycles. The Kier molecular flexibility index (Phi) is 7.72. The summed E-state index contributed by atoms with van der Waals surface area (Å²) in [6, 6.07) is 11.4. The van der Waals surface area contributed by atoms with Gasteiger partial charge in [0.15, 0.2) is 11.5 Å². The summed E-state index contributed by atoms with van der Waals surface area (Å²) in [5.41, 5.74) is 1.80. The van der Waals surface area contributed by atoms with E-state index in [-0.39, 0.29) is 17.3 Å². The lowest BCUT2D eigenvalue weighted by molar-refractivity contribution is -0.119. The number of hydrogen-bond donors (Lipinski definition) is 1. The summed E-state index contributed by atoms with van der Waals surface area (Å²) in [5.74, 6) is 0.428. The van der Waals surface area contributed by atoms with Crippen LogP contribution in [0.15, 0.2) is 47.4 Å². The van der Waals surface area contributed by atoms with Crippen molar-refractivity contribution < 1.29 is 27.4 Å². The van der Waals surface area contributed by atoms with Crippen LogP contribution in [0.4, 0.5) is 5.69 Å². The van der Waals surface area contributed by atoms with Crippen LogP contribution in [0.25, 0.3) is 0 Å². The predicted molar refractivity (Wildman–Crippen MR) is 128 cm³/mol. The van der Waals surface area contributed by atoms with Gasteiger partial charge in [-0.15, -0.1) is 0 Å². The molecule has 184 valence electrons. The predicted octanol–water partition coefficient (Wildman–Crippen LogP) is 2.33. The summed E-state index contributed by atoms with van der Waals surface area (Å²) in [7, 11) is -0.946. The van der Waals surface area contributed by atoms with Crippen LogP contribution >= 0.6 is 0 Å². The van der Waals surface area contributed by atoms with Crippen molar-refractivity contribution in [1.29, 1.82) is 0 Å². The molecule has 34 heavy (non-hydrogen) atoms. The van der Waals surface area contributed by atoms with Gasteiger partial charge in [0, 0.05) is 37.9 Å². The second-order valence-corrected chi connectivity index (χ2v) is 10.3. The van der Waals surface area contributed by atoms with Gasteiger partial charge in [-0.2, -0.15) is 4.31 Å². The third-order valence-corrected chi connectivity index (χ3v) is 8.10. The van der Waals surface area contributed by atoms with E-state index in [9.17, 15) is 13.2 Å². The van der Waals surface area contributed by atoms with Gasteiger partial charge in [0.1, 0.15) is 6.04 Å². The number of hydrogen-bond acceptors (Lipinski definition) is 7. The first-order valence-corrected chi connectivity index (χ1v) is 12.8. The zero-order valence-electron chi connectivity index (χ0n) is 19.5. The molecule has 10 heteroatoms. The number of anilines is 1. The average Bonchev–Trinajstić information content (AvgIpc) is 3.37. The monoisotopic (exact) mass is 489 g/mol. The summed E-state index contributed by atoms with van der Waals surface area (Å²) in [6.07, 6.45) is 1.08. The Bertz CT molecular complexity index is 1100. The first-order chi connectivity index (χ1) is 16.4. The molecule has 9 nitrogen and oxygen atoms in total. The molecule has 0 saturated carbocycles. The van der Waals surface area contributed by atoms with Crippen LogP contribution in [0.3, 0.4) is 0 Å². The van der Waals surface area contributed by atoms with Crippen LogP contribution in [-0.4, -0.2) is 76.6 Å². The second-order valence-electron chi connectivity index (χ2n) is 8.37. The number of ether oxygens (including phenoxy) is 3. The highest BCUT2D eigenvalue weighted by Crippen LogP contribution is 2.33. The Morgan fingerprint density at radius 3 is 2.41 bits per heavy atom. The molecule has 1 N–H and O–H groups in total. The Balaban J connectivity index is 1.44. The fourth-order valence-corrected chi connectivity index (χ4v) is 6.01. The van der Waals surface area contributed by atoms with Crippen LogP contribution in [-0.2, 0) is 26.1 Å². The van der Waals surface area contributed by atoms with Crippen molar-refractivity contribution in [2.75, 3.05) is 52.4 Å². The highest BCUT2D eigenvalue weighted by atomic mass is 32.2. The summed E-state index contributed by atoms with van der Waals surface area (Å²) in [5, 5.41) is 2.89. The van der Waals surface area contributed by atoms with E-state index >= 15 is 0 Å². The molecule has 2 heterocycles. The lowest BCUT2D eigenvalue weighted by Gasteiger charge is -2.26. The molecule has 0 bridgehead atoms. The van der Waals surface area contributed by atoms with Crippen LogP contribution in [0, 0.1) is 0 Å². The lowest BCUT2D eigenvalue weighted by atomic mass is 10.1. The Hall–Kier alpha value is -2.66. The van der Waals surface area contributed by atoms with E-state index in [4.69, 9.17) is 14.2 Å². The maximum atomic E-state index is 13.3. The Morgan fingerprint density at radius 1 is 1.03 bits per heavy atom. The van der Waals surface area contributed by atoms with Gasteiger partial charge in [-0.05, 0) is 42.7 Å². The summed E-state index contributed by atoms with van der Waals surface area (Å²) < 4.78 is 43.8. The number of sulfonamides is 1. The number of carbonyl (C=O) groups excluding carboxylic acids is 1. The van der Waals surface area contributed by atoms with Crippen molar-refractivity contribution in [3.8, 4) is 11.5 Å². The minimum Gasteiger partial charge on any atom is -0.493 e. The Morgan fingerprint density at radius 2 is 1.74 bits per heavy atom. The number of benzene rings is 2. The van der Waals surface area contributed by atoms with Crippen LogP contribution in [0.5, 0.6) is 11.5 Å². The molecule has 1 atom stereocenters.